The number of amides is 1. The van der Waals surface area contributed by atoms with Crippen LogP contribution in [-0.4, -0.2) is 17.6 Å². The van der Waals surface area contributed by atoms with E-state index < -0.39 is 0 Å². The van der Waals surface area contributed by atoms with Gasteiger partial charge in [-0.1, -0.05) is 37.1 Å². The van der Waals surface area contributed by atoms with E-state index >= 15 is 0 Å². The normalized spacial score (nSPS) is 10.7. The van der Waals surface area contributed by atoms with Crippen LogP contribution in [0.5, 0.6) is 0 Å². The summed E-state index contributed by atoms with van der Waals surface area (Å²) in [6, 6.07) is 7.58. The molecular weight excluding hydrogens is 228 g/mol. The molecule has 1 amide bonds. The molecule has 96 valence electrons. The molecule has 2 aromatic rings. The molecule has 1 heterocycles. The van der Waals surface area contributed by atoms with E-state index in [-0.39, 0.29) is 12.3 Å². The molecule has 4 nitrogen and oxygen atoms in total. The zero-order chi connectivity index (χ0) is 12.8. The molecule has 4 heteroatoms. The van der Waals surface area contributed by atoms with Crippen LogP contribution in [0.3, 0.4) is 0 Å². The lowest BCUT2D eigenvalue weighted by Crippen LogP contribution is -2.26. The van der Waals surface area contributed by atoms with E-state index in [0.29, 0.717) is 5.69 Å². The van der Waals surface area contributed by atoms with E-state index in [2.05, 4.69) is 17.4 Å². The molecule has 0 spiro atoms. The van der Waals surface area contributed by atoms with Gasteiger partial charge in [0.05, 0.1) is 6.42 Å². The number of rotatable bonds is 6. The molecule has 1 N–H and O–H groups in total. The fourth-order valence-corrected chi connectivity index (χ4v) is 1.88. The van der Waals surface area contributed by atoms with Crippen molar-refractivity contribution in [1.29, 1.82) is 0 Å². The number of fused-ring (bicyclic) bond motifs is 1. The average Bonchev–Trinajstić information content (AvgIpc) is 2.78. The van der Waals surface area contributed by atoms with Gasteiger partial charge >= 0.3 is 0 Å². The largest absolute Gasteiger partial charge is 0.356 e. The highest BCUT2D eigenvalue weighted by molar-refractivity contribution is 5.86. The van der Waals surface area contributed by atoms with Crippen molar-refractivity contribution in [3.63, 3.8) is 0 Å². The van der Waals surface area contributed by atoms with Crippen molar-refractivity contribution in [3.05, 3.63) is 30.0 Å². The standard InChI is InChI=1S/C14H18N2O2/c1-2-3-6-9-15-14(17)10-12-11-7-4-5-8-13(11)18-16-12/h4-5,7-8H,2-3,6,9-10H2,1H3,(H,15,17). The first-order valence-electron chi connectivity index (χ1n) is 6.41. The molecule has 0 aliphatic heterocycles. The smallest absolute Gasteiger partial charge is 0.226 e. The zero-order valence-electron chi connectivity index (χ0n) is 10.6. The number of para-hydroxylation sites is 1. The summed E-state index contributed by atoms with van der Waals surface area (Å²) in [4.78, 5) is 11.7. The maximum absolute atomic E-state index is 11.7. The maximum Gasteiger partial charge on any atom is 0.226 e. The van der Waals surface area contributed by atoms with Crippen LogP contribution in [-0.2, 0) is 11.2 Å². The van der Waals surface area contributed by atoms with E-state index in [1.54, 1.807) is 0 Å². The average molecular weight is 246 g/mol. The van der Waals surface area contributed by atoms with Crippen molar-refractivity contribution in [3.8, 4) is 0 Å². The third kappa shape index (κ3) is 3.09. The number of unbranched alkanes of at least 4 members (excludes halogenated alkanes) is 2. The molecule has 0 aliphatic carbocycles. The second kappa shape index (κ2) is 6.19. The third-order valence-corrected chi connectivity index (χ3v) is 2.88. The van der Waals surface area contributed by atoms with Gasteiger partial charge in [-0.15, -0.1) is 0 Å². The van der Waals surface area contributed by atoms with Gasteiger partial charge in [0.1, 0.15) is 5.69 Å². The van der Waals surface area contributed by atoms with Crippen molar-refractivity contribution in [1.82, 2.24) is 10.5 Å². The third-order valence-electron chi connectivity index (χ3n) is 2.88. The lowest BCUT2D eigenvalue weighted by atomic mass is 10.1. The van der Waals surface area contributed by atoms with Crippen LogP contribution in [0.1, 0.15) is 31.9 Å². The number of carbonyl (C=O) groups excluding carboxylic acids is 1. The van der Waals surface area contributed by atoms with Crippen LogP contribution in [0, 0.1) is 0 Å². The Balaban J connectivity index is 1.91. The predicted molar refractivity (Wildman–Crippen MR) is 70.2 cm³/mol. The minimum absolute atomic E-state index is 0.00477. The van der Waals surface area contributed by atoms with Crippen molar-refractivity contribution in [2.45, 2.75) is 32.6 Å². The van der Waals surface area contributed by atoms with Crippen LogP contribution in [0.15, 0.2) is 28.8 Å². The summed E-state index contributed by atoms with van der Waals surface area (Å²) in [6.45, 7) is 2.88. The summed E-state index contributed by atoms with van der Waals surface area (Å²) in [5.74, 6) is 0.00477. The molecule has 0 fully saturated rings. The molecule has 0 saturated heterocycles. The van der Waals surface area contributed by atoms with Gasteiger partial charge in [-0.3, -0.25) is 4.79 Å². The van der Waals surface area contributed by atoms with Crippen molar-refractivity contribution in [2.75, 3.05) is 6.54 Å². The Morgan fingerprint density at radius 2 is 2.17 bits per heavy atom. The van der Waals surface area contributed by atoms with Gasteiger partial charge in [0.15, 0.2) is 5.58 Å². The molecule has 1 aromatic heterocycles. The first kappa shape index (κ1) is 12.6. The fourth-order valence-electron chi connectivity index (χ4n) is 1.88. The molecule has 0 radical (unpaired) electrons. The van der Waals surface area contributed by atoms with E-state index in [9.17, 15) is 4.79 Å². The van der Waals surface area contributed by atoms with Gasteiger partial charge in [-0.05, 0) is 18.6 Å². The van der Waals surface area contributed by atoms with E-state index in [1.165, 1.54) is 0 Å². The molecular formula is C14H18N2O2. The van der Waals surface area contributed by atoms with Gasteiger partial charge in [-0.2, -0.15) is 0 Å². The van der Waals surface area contributed by atoms with Gasteiger partial charge < -0.3 is 9.84 Å². The van der Waals surface area contributed by atoms with Gasteiger partial charge in [0.25, 0.3) is 0 Å². The highest BCUT2D eigenvalue weighted by atomic mass is 16.5. The SMILES string of the molecule is CCCCCNC(=O)Cc1noc2ccccc12. The van der Waals surface area contributed by atoms with Gasteiger partial charge in [0.2, 0.25) is 5.91 Å². The summed E-state index contributed by atoms with van der Waals surface area (Å²) >= 11 is 0. The molecule has 2 rings (SSSR count). The Hall–Kier alpha value is -1.84. The number of aromatic nitrogens is 1. The summed E-state index contributed by atoms with van der Waals surface area (Å²) in [5.41, 5.74) is 1.44. The second-order valence-corrected chi connectivity index (χ2v) is 4.36. The lowest BCUT2D eigenvalue weighted by Gasteiger charge is -2.02. The maximum atomic E-state index is 11.7. The molecule has 18 heavy (non-hydrogen) atoms. The Morgan fingerprint density at radius 3 is 3.00 bits per heavy atom. The summed E-state index contributed by atoms with van der Waals surface area (Å²) < 4.78 is 5.16. The van der Waals surface area contributed by atoms with Crippen LogP contribution in [0.25, 0.3) is 11.0 Å². The number of benzene rings is 1. The number of nitrogens with zero attached hydrogens (tertiary/aromatic N) is 1. The molecule has 0 bridgehead atoms. The van der Waals surface area contributed by atoms with Crippen LogP contribution >= 0.6 is 0 Å². The van der Waals surface area contributed by atoms with E-state index in [1.807, 2.05) is 24.3 Å². The Kier molecular flexibility index (Phi) is 4.34. The van der Waals surface area contributed by atoms with Crippen molar-refractivity contribution in [2.24, 2.45) is 0 Å². The Labute approximate surface area is 106 Å². The molecule has 0 aliphatic rings. The first-order valence-corrected chi connectivity index (χ1v) is 6.41. The fraction of sp³-hybridized carbons (Fsp3) is 0.429. The predicted octanol–water partition coefficient (Wildman–Crippen LogP) is 2.68. The molecule has 0 saturated carbocycles. The number of hydrogen-bond donors (Lipinski definition) is 1. The molecule has 1 aromatic carbocycles. The quantitative estimate of drug-likeness (QED) is 0.797. The second-order valence-electron chi connectivity index (χ2n) is 4.36. The van der Waals surface area contributed by atoms with Crippen LogP contribution in [0.2, 0.25) is 0 Å². The van der Waals surface area contributed by atoms with Gasteiger partial charge in [-0.25, -0.2) is 0 Å². The monoisotopic (exact) mass is 246 g/mol. The number of nitrogens with one attached hydrogen (secondary N) is 1. The highest BCUT2D eigenvalue weighted by Gasteiger charge is 2.11. The first-order chi connectivity index (χ1) is 8.81. The van der Waals surface area contributed by atoms with E-state index in [0.717, 1.165) is 36.8 Å². The van der Waals surface area contributed by atoms with Gasteiger partial charge in [0, 0.05) is 11.9 Å². The number of carbonyl (C=O) groups is 1. The zero-order valence-corrected chi connectivity index (χ0v) is 10.6. The topological polar surface area (TPSA) is 55.1 Å². The Bertz CT molecular complexity index is 519. The minimum Gasteiger partial charge on any atom is -0.356 e. The highest BCUT2D eigenvalue weighted by Crippen LogP contribution is 2.17. The Morgan fingerprint density at radius 1 is 1.33 bits per heavy atom. The lowest BCUT2D eigenvalue weighted by molar-refractivity contribution is -0.120. The van der Waals surface area contributed by atoms with Crippen LogP contribution < -0.4 is 5.32 Å². The van der Waals surface area contributed by atoms with E-state index in [4.69, 9.17) is 4.52 Å². The number of hydrogen-bond acceptors (Lipinski definition) is 3. The summed E-state index contributed by atoms with van der Waals surface area (Å²) in [6.07, 6.45) is 3.61. The van der Waals surface area contributed by atoms with Crippen LogP contribution in [0.4, 0.5) is 0 Å². The summed E-state index contributed by atoms with van der Waals surface area (Å²) in [7, 11) is 0. The summed E-state index contributed by atoms with van der Waals surface area (Å²) in [5, 5.41) is 7.76. The minimum atomic E-state index is 0.00477. The molecule has 0 unspecified atom stereocenters. The van der Waals surface area contributed by atoms with Crippen molar-refractivity contribution >= 4 is 16.9 Å². The van der Waals surface area contributed by atoms with Crippen molar-refractivity contribution < 1.29 is 9.32 Å². The molecule has 0 atom stereocenters.